The molecule has 0 spiro atoms. The first-order chi connectivity index (χ1) is 8.75. The summed E-state index contributed by atoms with van der Waals surface area (Å²) in [7, 11) is 0. The third-order valence-electron chi connectivity index (χ3n) is 2.58. The topological polar surface area (TPSA) is 38.3 Å². The van der Waals surface area contributed by atoms with Gasteiger partial charge in [-0.1, -0.05) is 6.07 Å². The Morgan fingerprint density at radius 1 is 1.42 bits per heavy atom. The van der Waals surface area contributed by atoms with Crippen LogP contribution in [-0.2, 0) is 15.7 Å². The van der Waals surface area contributed by atoms with Crippen LogP contribution in [0.25, 0.3) is 0 Å². The van der Waals surface area contributed by atoms with Crippen molar-refractivity contribution < 1.29 is 22.7 Å². The van der Waals surface area contributed by atoms with Gasteiger partial charge in [-0.15, -0.1) is 0 Å². The van der Waals surface area contributed by atoms with Crippen LogP contribution in [-0.4, -0.2) is 18.6 Å². The number of alkyl halides is 3. The normalized spacial score (nSPS) is 12.9. The largest absolute Gasteiger partial charge is 0.464 e. The predicted octanol–water partition coefficient (Wildman–Crippen LogP) is 3.38. The van der Waals surface area contributed by atoms with Gasteiger partial charge in [-0.2, -0.15) is 13.2 Å². The van der Waals surface area contributed by atoms with Crippen LogP contribution in [0.15, 0.2) is 18.2 Å². The molecule has 0 amide bonds. The summed E-state index contributed by atoms with van der Waals surface area (Å²) in [6, 6.07) is 2.66. The van der Waals surface area contributed by atoms with Gasteiger partial charge in [-0.05, 0) is 38.5 Å². The van der Waals surface area contributed by atoms with Crippen LogP contribution in [0.3, 0.4) is 0 Å². The van der Waals surface area contributed by atoms with E-state index in [0.29, 0.717) is 5.56 Å². The second kappa shape index (κ2) is 5.95. The molecular weight excluding hydrogens is 259 g/mol. The maximum atomic E-state index is 12.6. The van der Waals surface area contributed by atoms with E-state index >= 15 is 0 Å². The average Bonchev–Trinajstić information content (AvgIpc) is 2.30. The van der Waals surface area contributed by atoms with Crippen molar-refractivity contribution in [3.63, 3.8) is 0 Å². The Morgan fingerprint density at radius 3 is 2.58 bits per heavy atom. The third kappa shape index (κ3) is 4.15. The summed E-state index contributed by atoms with van der Waals surface area (Å²) in [4.78, 5) is 11.4. The molecule has 1 atom stereocenters. The summed E-state index contributed by atoms with van der Waals surface area (Å²) in [6.07, 6.45) is -4.41. The highest BCUT2D eigenvalue weighted by atomic mass is 19.4. The Kier molecular flexibility index (Phi) is 4.80. The van der Waals surface area contributed by atoms with E-state index in [2.05, 4.69) is 5.32 Å². The zero-order valence-corrected chi connectivity index (χ0v) is 11.0. The quantitative estimate of drug-likeness (QED) is 0.856. The molecule has 19 heavy (non-hydrogen) atoms. The maximum Gasteiger partial charge on any atom is 0.416 e. The lowest BCUT2D eigenvalue weighted by Crippen LogP contribution is -2.28. The molecule has 1 rings (SSSR count). The van der Waals surface area contributed by atoms with Crippen molar-refractivity contribution >= 4 is 11.7 Å². The average molecular weight is 275 g/mol. The van der Waals surface area contributed by atoms with E-state index in [9.17, 15) is 18.0 Å². The highest BCUT2D eigenvalue weighted by molar-refractivity contribution is 5.79. The molecule has 0 aliphatic heterocycles. The molecule has 0 aliphatic carbocycles. The molecule has 0 heterocycles. The highest BCUT2D eigenvalue weighted by Crippen LogP contribution is 2.32. The van der Waals surface area contributed by atoms with Crippen LogP contribution in [0.1, 0.15) is 25.0 Å². The number of rotatable bonds is 4. The summed E-state index contributed by atoms with van der Waals surface area (Å²) in [6.45, 7) is 5.10. The molecule has 0 radical (unpaired) electrons. The number of carbonyl (C=O) groups is 1. The summed E-state index contributed by atoms with van der Waals surface area (Å²) in [5.74, 6) is -0.501. The molecule has 1 aromatic rings. The first-order valence-corrected chi connectivity index (χ1v) is 5.86. The van der Waals surface area contributed by atoms with Gasteiger partial charge in [0.25, 0.3) is 0 Å². The van der Waals surface area contributed by atoms with E-state index in [1.54, 1.807) is 13.8 Å². The Bertz CT molecular complexity index is 458. The van der Waals surface area contributed by atoms with E-state index in [4.69, 9.17) is 4.74 Å². The van der Waals surface area contributed by atoms with Crippen molar-refractivity contribution in [2.45, 2.75) is 33.0 Å². The van der Waals surface area contributed by atoms with Crippen LogP contribution < -0.4 is 5.32 Å². The van der Waals surface area contributed by atoms with Gasteiger partial charge in [-0.25, -0.2) is 4.79 Å². The van der Waals surface area contributed by atoms with Gasteiger partial charge < -0.3 is 10.1 Å². The Morgan fingerprint density at radius 2 is 2.05 bits per heavy atom. The molecule has 1 aromatic carbocycles. The van der Waals surface area contributed by atoms with Crippen LogP contribution in [0.5, 0.6) is 0 Å². The zero-order chi connectivity index (χ0) is 14.6. The fourth-order valence-electron chi connectivity index (χ4n) is 1.51. The summed E-state index contributed by atoms with van der Waals surface area (Å²) < 4.78 is 42.6. The number of aryl methyl sites for hydroxylation is 1. The van der Waals surface area contributed by atoms with Crippen molar-refractivity contribution in [1.82, 2.24) is 0 Å². The molecule has 0 aliphatic rings. The van der Waals surface area contributed by atoms with Crippen LogP contribution in [0.2, 0.25) is 0 Å². The Hall–Kier alpha value is -1.72. The van der Waals surface area contributed by atoms with Crippen molar-refractivity contribution in [3.8, 4) is 0 Å². The summed E-state index contributed by atoms with van der Waals surface area (Å²) >= 11 is 0. The predicted molar refractivity (Wildman–Crippen MR) is 65.9 cm³/mol. The third-order valence-corrected chi connectivity index (χ3v) is 2.58. The smallest absolute Gasteiger partial charge is 0.416 e. The molecule has 6 heteroatoms. The van der Waals surface area contributed by atoms with Gasteiger partial charge in [-0.3, -0.25) is 0 Å². The maximum absolute atomic E-state index is 12.6. The zero-order valence-electron chi connectivity index (χ0n) is 11.0. The van der Waals surface area contributed by atoms with E-state index in [0.717, 1.165) is 12.1 Å². The lowest BCUT2D eigenvalue weighted by atomic mass is 10.1. The van der Waals surface area contributed by atoms with Gasteiger partial charge in [0.2, 0.25) is 0 Å². The molecule has 1 N–H and O–H groups in total. The minimum Gasteiger partial charge on any atom is -0.464 e. The monoisotopic (exact) mass is 275 g/mol. The van der Waals surface area contributed by atoms with Crippen molar-refractivity contribution in [2.24, 2.45) is 0 Å². The number of esters is 1. The van der Waals surface area contributed by atoms with Crippen LogP contribution >= 0.6 is 0 Å². The van der Waals surface area contributed by atoms with Crippen molar-refractivity contribution in [2.75, 3.05) is 11.9 Å². The van der Waals surface area contributed by atoms with E-state index < -0.39 is 23.8 Å². The van der Waals surface area contributed by atoms with Crippen LogP contribution in [0, 0.1) is 6.92 Å². The molecule has 3 nitrogen and oxygen atoms in total. The number of ether oxygens (including phenoxy) is 1. The van der Waals surface area contributed by atoms with Gasteiger partial charge in [0, 0.05) is 5.69 Å². The van der Waals surface area contributed by atoms with E-state index in [1.807, 2.05) is 0 Å². The number of carbonyl (C=O) groups excluding carboxylic acids is 1. The molecule has 0 saturated carbocycles. The number of anilines is 1. The van der Waals surface area contributed by atoms with Gasteiger partial charge in [0.15, 0.2) is 0 Å². The number of hydrogen-bond acceptors (Lipinski definition) is 3. The summed E-state index contributed by atoms with van der Waals surface area (Å²) in [5.41, 5.74) is 0.149. The molecule has 0 bridgehead atoms. The number of halogens is 3. The van der Waals surface area contributed by atoms with Crippen molar-refractivity contribution in [1.29, 1.82) is 0 Å². The van der Waals surface area contributed by atoms with E-state index in [1.165, 1.54) is 13.0 Å². The van der Waals surface area contributed by atoms with E-state index in [-0.39, 0.29) is 12.3 Å². The molecule has 1 unspecified atom stereocenters. The summed E-state index contributed by atoms with van der Waals surface area (Å²) in [5, 5.41) is 2.73. The molecule has 106 valence electrons. The van der Waals surface area contributed by atoms with Crippen molar-refractivity contribution in [3.05, 3.63) is 29.3 Å². The number of benzene rings is 1. The Balaban J connectivity index is 2.91. The molecular formula is C13H16F3NO2. The second-order valence-electron chi connectivity index (χ2n) is 4.15. The molecule has 0 fully saturated rings. The standard InChI is InChI=1S/C13H16F3NO2/c1-4-19-12(18)9(3)17-11-7-10(13(14,15)16)6-5-8(11)2/h5-7,9,17H,4H2,1-3H3. The number of nitrogens with one attached hydrogen (secondary N) is 1. The molecule has 0 aromatic heterocycles. The lowest BCUT2D eigenvalue weighted by molar-refractivity contribution is -0.143. The fraction of sp³-hybridized carbons (Fsp3) is 0.462. The fourth-order valence-corrected chi connectivity index (χ4v) is 1.51. The minimum absolute atomic E-state index is 0.229. The first-order valence-electron chi connectivity index (χ1n) is 5.86. The van der Waals surface area contributed by atoms with Gasteiger partial charge >= 0.3 is 12.1 Å². The molecule has 0 saturated heterocycles. The van der Waals surface area contributed by atoms with Crippen LogP contribution in [0.4, 0.5) is 18.9 Å². The highest BCUT2D eigenvalue weighted by Gasteiger charge is 2.31. The Labute approximate surface area is 109 Å². The van der Waals surface area contributed by atoms with Gasteiger partial charge in [0.1, 0.15) is 6.04 Å². The number of hydrogen-bond donors (Lipinski definition) is 1. The first kappa shape index (κ1) is 15.3. The lowest BCUT2D eigenvalue weighted by Gasteiger charge is -2.17. The van der Waals surface area contributed by atoms with Gasteiger partial charge in [0.05, 0.1) is 12.2 Å². The second-order valence-corrected chi connectivity index (χ2v) is 4.15. The SMILES string of the molecule is CCOC(=O)C(C)Nc1cc(C(F)(F)F)ccc1C. The minimum atomic E-state index is -4.41.